The topological polar surface area (TPSA) is 108 Å². The molecule has 2 amide bonds. The van der Waals surface area contributed by atoms with Crippen molar-refractivity contribution in [3.8, 4) is 5.75 Å². The number of rotatable bonds is 9. The number of aliphatic hydroxyl groups is 2. The van der Waals surface area contributed by atoms with Gasteiger partial charge in [-0.1, -0.05) is 41.9 Å². The van der Waals surface area contributed by atoms with Gasteiger partial charge in [-0.25, -0.2) is 0 Å². The zero-order valence-corrected chi connectivity index (χ0v) is 20.1. The predicted molar refractivity (Wildman–Crippen MR) is 130 cm³/mol. The highest BCUT2D eigenvalue weighted by molar-refractivity contribution is 6.30. The minimum absolute atomic E-state index is 0.0844. The van der Waals surface area contributed by atoms with E-state index in [9.17, 15) is 19.8 Å². The summed E-state index contributed by atoms with van der Waals surface area (Å²) < 4.78 is 11.5. The maximum absolute atomic E-state index is 13.2. The first kappa shape index (κ1) is 25.2. The monoisotopic (exact) mass is 500 g/mol. The molecule has 1 aliphatic carbocycles. The average Bonchev–Trinajstić information content (AvgIpc) is 3.26. The summed E-state index contributed by atoms with van der Waals surface area (Å²) in [6.07, 6.45) is -0.214. The van der Waals surface area contributed by atoms with Gasteiger partial charge in [0.1, 0.15) is 24.6 Å². The number of carbonyl (C=O) groups is 2. The molecule has 0 saturated heterocycles. The van der Waals surface area contributed by atoms with Crippen LogP contribution in [0.15, 0.2) is 60.2 Å². The van der Waals surface area contributed by atoms with Crippen molar-refractivity contribution >= 4 is 23.4 Å². The van der Waals surface area contributed by atoms with Crippen molar-refractivity contribution in [1.29, 1.82) is 0 Å². The van der Waals surface area contributed by atoms with E-state index in [1.54, 1.807) is 31.2 Å². The van der Waals surface area contributed by atoms with Gasteiger partial charge < -0.3 is 29.9 Å². The van der Waals surface area contributed by atoms with Crippen LogP contribution < -0.4 is 10.1 Å². The van der Waals surface area contributed by atoms with Gasteiger partial charge in [-0.3, -0.25) is 9.59 Å². The Labute approximate surface area is 209 Å². The summed E-state index contributed by atoms with van der Waals surface area (Å²) in [5.74, 6) is -0.621. The molecule has 2 aliphatic rings. The molecule has 1 aliphatic heterocycles. The number of hydrogen-bond acceptors (Lipinski definition) is 6. The van der Waals surface area contributed by atoms with Gasteiger partial charge >= 0.3 is 0 Å². The SMILES string of the molecule is CCOCC(=O)N(Cc1ccc(Cl)cc1)C1C=C(C(=O)NCCO)C2c3ccccc3OC2C1O. The van der Waals surface area contributed by atoms with Crippen LogP contribution in [0.2, 0.25) is 5.02 Å². The minimum atomic E-state index is -1.10. The molecule has 1 heterocycles. The maximum atomic E-state index is 13.2. The molecule has 2 aromatic carbocycles. The Morgan fingerprint density at radius 1 is 1.17 bits per heavy atom. The van der Waals surface area contributed by atoms with E-state index < -0.39 is 24.2 Å². The number of nitrogens with one attached hydrogen (secondary N) is 1. The lowest BCUT2D eigenvalue weighted by atomic mass is 9.77. The number of para-hydroxylation sites is 1. The number of nitrogens with zero attached hydrogens (tertiary/aromatic N) is 1. The number of fused-ring (bicyclic) bond motifs is 3. The summed E-state index contributed by atoms with van der Waals surface area (Å²) in [5.41, 5.74) is 1.99. The van der Waals surface area contributed by atoms with Gasteiger partial charge in [-0.2, -0.15) is 0 Å². The summed E-state index contributed by atoms with van der Waals surface area (Å²) in [5, 5.41) is 23.9. The number of carbonyl (C=O) groups excluding carboxylic acids is 2. The zero-order chi connectivity index (χ0) is 24.9. The molecule has 3 N–H and O–H groups in total. The van der Waals surface area contributed by atoms with Crippen molar-refractivity contribution in [2.45, 2.75) is 37.6 Å². The van der Waals surface area contributed by atoms with Crippen LogP contribution in [0.4, 0.5) is 0 Å². The molecule has 186 valence electrons. The largest absolute Gasteiger partial charge is 0.486 e. The number of ether oxygens (including phenoxy) is 2. The third kappa shape index (κ3) is 5.36. The molecule has 0 spiro atoms. The molecule has 4 atom stereocenters. The normalized spacial score (nSPS) is 22.5. The highest BCUT2D eigenvalue weighted by atomic mass is 35.5. The van der Waals surface area contributed by atoms with Crippen LogP contribution in [0, 0.1) is 0 Å². The lowest BCUT2D eigenvalue weighted by Gasteiger charge is -2.40. The van der Waals surface area contributed by atoms with Crippen LogP contribution in [0.3, 0.4) is 0 Å². The maximum Gasteiger partial charge on any atom is 0.249 e. The molecule has 35 heavy (non-hydrogen) atoms. The predicted octanol–water partition coefficient (Wildman–Crippen LogP) is 2.03. The van der Waals surface area contributed by atoms with Gasteiger partial charge in [0, 0.05) is 35.9 Å². The molecule has 4 rings (SSSR count). The molecule has 0 bridgehead atoms. The first-order valence-corrected chi connectivity index (χ1v) is 12.0. The fourth-order valence-corrected chi connectivity index (χ4v) is 4.74. The molecule has 0 fully saturated rings. The Kier molecular flexibility index (Phi) is 8.07. The summed E-state index contributed by atoms with van der Waals surface area (Å²) in [4.78, 5) is 27.9. The molecule has 4 unspecified atom stereocenters. The quantitative estimate of drug-likeness (QED) is 0.486. The number of hydrogen-bond donors (Lipinski definition) is 3. The van der Waals surface area contributed by atoms with Crippen molar-refractivity contribution in [2.75, 3.05) is 26.4 Å². The Hall–Kier alpha value is -2.91. The van der Waals surface area contributed by atoms with E-state index in [0.717, 1.165) is 11.1 Å². The molecule has 0 radical (unpaired) electrons. The smallest absolute Gasteiger partial charge is 0.249 e. The van der Waals surface area contributed by atoms with E-state index in [1.807, 2.05) is 30.3 Å². The minimum Gasteiger partial charge on any atom is -0.486 e. The van der Waals surface area contributed by atoms with Crippen molar-refractivity contribution in [3.63, 3.8) is 0 Å². The van der Waals surface area contributed by atoms with Crippen LogP contribution in [0.25, 0.3) is 0 Å². The first-order valence-electron chi connectivity index (χ1n) is 11.6. The van der Waals surface area contributed by atoms with E-state index in [1.165, 1.54) is 4.90 Å². The van der Waals surface area contributed by atoms with Crippen molar-refractivity contribution in [3.05, 3.63) is 76.3 Å². The summed E-state index contributed by atoms with van der Waals surface area (Å²) >= 11 is 6.02. The molecule has 8 nitrogen and oxygen atoms in total. The van der Waals surface area contributed by atoms with Gasteiger partial charge in [-0.05, 0) is 36.8 Å². The standard InChI is InChI=1S/C26H29ClN2O6/c1-2-34-15-22(31)29(14-16-7-9-17(27)10-8-16)20-13-19(26(33)28-11-12-30)23-18-5-3-4-6-21(18)35-25(23)24(20)32/h3-10,13,20,23-25,30,32H,2,11-12,14-15H2,1H3,(H,28,33). The lowest BCUT2D eigenvalue weighted by molar-refractivity contribution is -0.142. The van der Waals surface area contributed by atoms with Gasteiger partial charge in [0.25, 0.3) is 0 Å². The molecule has 2 aromatic rings. The van der Waals surface area contributed by atoms with Gasteiger partial charge in [0.05, 0.1) is 18.6 Å². The highest BCUT2D eigenvalue weighted by Gasteiger charge is 2.50. The molecule has 9 heteroatoms. The van der Waals surface area contributed by atoms with Gasteiger partial charge in [0.2, 0.25) is 11.8 Å². The van der Waals surface area contributed by atoms with Crippen LogP contribution in [0.1, 0.15) is 24.0 Å². The molecular weight excluding hydrogens is 472 g/mol. The Bertz CT molecular complexity index is 1090. The van der Waals surface area contributed by atoms with Crippen molar-refractivity contribution in [1.82, 2.24) is 10.2 Å². The molecule has 0 saturated carbocycles. The number of aliphatic hydroxyl groups excluding tert-OH is 2. The third-order valence-electron chi connectivity index (χ3n) is 6.25. The average molecular weight is 501 g/mol. The number of amides is 2. The summed E-state index contributed by atoms with van der Waals surface area (Å²) in [6, 6.07) is 13.6. The Morgan fingerprint density at radius 2 is 1.91 bits per heavy atom. The van der Waals surface area contributed by atoms with Crippen LogP contribution >= 0.6 is 11.6 Å². The van der Waals surface area contributed by atoms with E-state index in [0.29, 0.717) is 23.0 Å². The zero-order valence-electron chi connectivity index (χ0n) is 19.4. The fourth-order valence-electron chi connectivity index (χ4n) is 4.61. The van der Waals surface area contributed by atoms with E-state index in [4.69, 9.17) is 21.1 Å². The Morgan fingerprint density at radius 3 is 2.63 bits per heavy atom. The lowest BCUT2D eigenvalue weighted by Crippen LogP contribution is -2.56. The second kappa shape index (κ2) is 11.2. The molecule has 0 aromatic heterocycles. The van der Waals surface area contributed by atoms with Crippen molar-refractivity contribution < 1.29 is 29.3 Å². The van der Waals surface area contributed by atoms with E-state index >= 15 is 0 Å². The second-order valence-electron chi connectivity index (χ2n) is 8.47. The van der Waals surface area contributed by atoms with E-state index in [-0.39, 0.29) is 38.1 Å². The Balaban J connectivity index is 1.74. The summed E-state index contributed by atoms with van der Waals surface area (Å²) in [6.45, 7) is 2.05. The van der Waals surface area contributed by atoms with Crippen molar-refractivity contribution in [2.24, 2.45) is 0 Å². The van der Waals surface area contributed by atoms with Crippen LogP contribution in [-0.4, -0.2) is 71.5 Å². The van der Waals surface area contributed by atoms with Crippen LogP contribution in [-0.2, 0) is 20.9 Å². The van der Waals surface area contributed by atoms with Gasteiger partial charge in [-0.15, -0.1) is 0 Å². The van der Waals surface area contributed by atoms with Crippen LogP contribution in [0.5, 0.6) is 5.75 Å². The fraction of sp³-hybridized carbons (Fsp3) is 0.385. The number of benzene rings is 2. The summed E-state index contributed by atoms with van der Waals surface area (Å²) in [7, 11) is 0. The highest BCUT2D eigenvalue weighted by Crippen LogP contribution is 2.47. The number of halogens is 1. The first-order chi connectivity index (χ1) is 16.9. The van der Waals surface area contributed by atoms with E-state index in [2.05, 4.69) is 5.32 Å². The molecular formula is C26H29ClN2O6. The second-order valence-corrected chi connectivity index (χ2v) is 8.90. The van der Waals surface area contributed by atoms with Gasteiger partial charge in [0.15, 0.2) is 0 Å². The third-order valence-corrected chi connectivity index (χ3v) is 6.51.